The van der Waals surface area contributed by atoms with Gasteiger partial charge in [-0.05, 0) is 12.3 Å². The first-order valence-electron chi connectivity index (χ1n) is 3.51. The lowest BCUT2D eigenvalue weighted by molar-refractivity contribution is 1.19. The van der Waals surface area contributed by atoms with E-state index in [0.717, 1.165) is 10.4 Å². The molecule has 2 aromatic heterocycles. The van der Waals surface area contributed by atoms with Crippen LogP contribution in [-0.2, 0) is 0 Å². The topological polar surface area (TPSA) is 38.7 Å². The zero-order chi connectivity index (χ0) is 8.39. The molecule has 0 fully saturated rings. The molecular weight excluding hydrogens is 170 g/mol. The second-order valence-electron chi connectivity index (χ2n) is 2.27. The Bertz CT molecular complexity index is 402. The van der Waals surface area contributed by atoms with Crippen molar-refractivity contribution < 1.29 is 0 Å². The number of hydrogen-bond donors (Lipinski definition) is 0. The number of aromatic nitrogens is 3. The van der Waals surface area contributed by atoms with Crippen molar-refractivity contribution in [2.75, 3.05) is 6.26 Å². The Morgan fingerprint density at radius 3 is 2.83 bits per heavy atom. The van der Waals surface area contributed by atoms with Crippen molar-refractivity contribution in [1.82, 2.24) is 15.0 Å². The molecule has 0 aliphatic rings. The molecule has 0 atom stereocenters. The summed E-state index contributed by atoms with van der Waals surface area (Å²) in [4.78, 5) is 13.5. The number of pyridine rings is 1. The molecule has 0 spiro atoms. The van der Waals surface area contributed by atoms with Gasteiger partial charge in [0.2, 0.25) is 0 Å². The van der Waals surface area contributed by atoms with Gasteiger partial charge >= 0.3 is 0 Å². The average molecular weight is 177 g/mol. The van der Waals surface area contributed by atoms with Crippen molar-refractivity contribution in [3.05, 3.63) is 24.7 Å². The molecule has 4 heteroatoms. The predicted molar refractivity (Wildman–Crippen MR) is 49.1 cm³/mol. The molecular formula is C8H7N3S. The van der Waals surface area contributed by atoms with Crippen LogP contribution in [0.3, 0.4) is 0 Å². The van der Waals surface area contributed by atoms with Gasteiger partial charge in [-0.25, -0.2) is 9.97 Å². The fraction of sp³-hybridized carbons (Fsp3) is 0.125. The van der Waals surface area contributed by atoms with Crippen molar-refractivity contribution in [3.63, 3.8) is 0 Å². The van der Waals surface area contributed by atoms with Crippen LogP contribution in [0, 0.1) is 0 Å². The minimum atomic E-state index is 0.704. The summed E-state index contributed by atoms with van der Waals surface area (Å²) < 4.78 is 0. The maximum absolute atomic E-state index is 4.16. The summed E-state index contributed by atoms with van der Waals surface area (Å²) in [6, 6.07) is 1.99. The highest BCUT2D eigenvalue weighted by Gasteiger charge is 1.96. The minimum absolute atomic E-state index is 0.704. The van der Waals surface area contributed by atoms with Gasteiger partial charge in [-0.3, -0.25) is 4.98 Å². The maximum Gasteiger partial charge on any atom is 0.178 e. The smallest absolute Gasteiger partial charge is 0.178 e. The van der Waals surface area contributed by atoms with Crippen LogP contribution < -0.4 is 0 Å². The van der Waals surface area contributed by atoms with Gasteiger partial charge < -0.3 is 0 Å². The van der Waals surface area contributed by atoms with Crippen LogP contribution in [0.25, 0.3) is 11.2 Å². The first kappa shape index (κ1) is 7.49. The highest BCUT2D eigenvalue weighted by atomic mass is 32.2. The Kier molecular flexibility index (Phi) is 1.91. The molecule has 0 aromatic carbocycles. The Balaban J connectivity index is 2.67. The largest absolute Gasteiger partial charge is 0.251 e. The first-order valence-corrected chi connectivity index (χ1v) is 4.73. The highest BCUT2D eigenvalue weighted by molar-refractivity contribution is 7.98. The van der Waals surface area contributed by atoms with Gasteiger partial charge in [0.25, 0.3) is 0 Å². The molecule has 0 saturated heterocycles. The van der Waals surface area contributed by atoms with Gasteiger partial charge in [0.1, 0.15) is 5.52 Å². The summed E-state index contributed by atoms with van der Waals surface area (Å²) in [5, 5.41) is 0. The van der Waals surface area contributed by atoms with E-state index in [0.29, 0.717) is 5.65 Å². The molecule has 0 aliphatic heterocycles. The van der Waals surface area contributed by atoms with Crippen LogP contribution in [0.4, 0.5) is 0 Å². The lowest BCUT2D eigenvalue weighted by Crippen LogP contribution is -1.85. The predicted octanol–water partition coefficient (Wildman–Crippen LogP) is 1.75. The lowest BCUT2D eigenvalue weighted by atomic mass is 10.4. The van der Waals surface area contributed by atoms with Gasteiger partial charge in [-0.1, -0.05) is 0 Å². The number of fused-ring (bicyclic) bond motifs is 1. The summed E-state index contributed by atoms with van der Waals surface area (Å²) in [5.41, 5.74) is 1.56. The second kappa shape index (κ2) is 3.06. The summed E-state index contributed by atoms with van der Waals surface area (Å²) in [7, 11) is 0. The third kappa shape index (κ3) is 1.25. The molecule has 2 heterocycles. The van der Waals surface area contributed by atoms with E-state index in [-0.39, 0.29) is 0 Å². The molecule has 0 bridgehead atoms. The van der Waals surface area contributed by atoms with Crippen molar-refractivity contribution >= 4 is 22.9 Å². The lowest BCUT2D eigenvalue weighted by Gasteiger charge is -1.96. The molecule has 0 unspecified atom stereocenters. The Morgan fingerprint density at radius 1 is 1.17 bits per heavy atom. The summed E-state index contributed by atoms with van der Waals surface area (Å²) in [6.45, 7) is 0. The molecule has 2 aromatic rings. The zero-order valence-corrected chi connectivity index (χ0v) is 7.38. The zero-order valence-electron chi connectivity index (χ0n) is 6.56. The number of rotatable bonds is 1. The van der Waals surface area contributed by atoms with Crippen molar-refractivity contribution in [1.29, 1.82) is 0 Å². The SMILES string of the molecule is CSc1cnc2nccnc2c1. The van der Waals surface area contributed by atoms with Crippen LogP contribution in [0.1, 0.15) is 0 Å². The summed E-state index contributed by atoms with van der Waals surface area (Å²) in [6.07, 6.45) is 7.14. The van der Waals surface area contributed by atoms with Crippen LogP contribution in [0.5, 0.6) is 0 Å². The third-order valence-electron chi connectivity index (χ3n) is 1.53. The molecule has 0 aliphatic carbocycles. The molecule has 0 amide bonds. The van der Waals surface area contributed by atoms with E-state index in [1.54, 1.807) is 24.2 Å². The van der Waals surface area contributed by atoms with E-state index in [1.165, 1.54) is 0 Å². The number of thioether (sulfide) groups is 1. The van der Waals surface area contributed by atoms with E-state index < -0.39 is 0 Å². The fourth-order valence-corrected chi connectivity index (χ4v) is 1.34. The molecule has 0 radical (unpaired) electrons. The van der Waals surface area contributed by atoms with Crippen LogP contribution in [-0.4, -0.2) is 21.2 Å². The number of nitrogens with zero attached hydrogens (tertiary/aromatic N) is 3. The Hall–Kier alpha value is -1.16. The molecule has 3 nitrogen and oxygen atoms in total. The first-order chi connectivity index (χ1) is 5.90. The van der Waals surface area contributed by atoms with E-state index in [4.69, 9.17) is 0 Å². The van der Waals surface area contributed by atoms with Crippen molar-refractivity contribution in [2.45, 2.75) is 4.90 Å². The molecule has 12 heavy (non-hydrogen) atoms. The summed E-state index contributed by atoms with van der Waals surface area (Å²) in [5.74, 6) is 0. The van der Waals surface area contributed by atoms with E-state index >= 15 is 0 Å². The average Bonchev–Trinajstić information content (AvgIpc) is 2.17. The highest BCUT2D eigenvalue weighted by Crippen LogP contribution is 2.15. The molecule has 0 N–H and O–H groups in total. The van der Waals surface area contributed by atoms with Crippen molar-refractivity contribution in [2.24, 2.45) is 0 Å². The van der Waals surface area contributed by atoms with Gasteiger partial charge in [-0.2, -0.15) is 0 Å². The fourth-order valence-electron chi connectivity index (χ4n) is 0.951. The Morgan fingerprint density at radius 2 is 2.00 bits per heavy atom. The normalized spacial score (nSPS) is 10.4. The van der Waals surface area contributed by atoms with Gasteiger partial charge in [-0.15, -0.1) is 11.8 Å². The summed E-state index contributed by atoms with van der Waals surface area (Å²) >= 11 is 1.65. The van der Waals surface area contributed by atoms with Gasteiger partial charge in [0.15, 0.2) is 5.65 Å². The van der Waals surface area contributed by atoms with E-state index in [9.17, 15) is 0 Å². The maximum atomic E-state index is 4.16. The quantitative estimate of drug-likeness (QED) is 0.622. The standard InChI is InChI=1S/C8H7N3S/c1-12-6-4-7-8(11-5-6)10-3-2-9-7/h2-5H,1H3. The van der Waals surface area contributed by atoms with Crippen LogP contribution in [0.2, 0.25) is 0 Å². The van der Waals surface area contributed by atoms with Gasteiger partial charge in [0.05, 0.1) is 0 Å². The monoisotopic (exact) mass is 177 g/mol. The molecule has 60 valence electrons. The molecule has 0 saturated carbocycles. The van der Waals surface area contributed by atoms with E-state index in [1.807, 2.05) is 18.5 Å². The van der Waals surface area contributed by atoms with Crippen LogP contribution in [0.15, 0.2) is 29.6 Å². The van der Waals surface area contributed by atoms with Gasteiger partial charge in [0, 0.05) is 23.5 Å². The van der Waals surface area contributed by atoms with Crippen molar-refractivity contribution in [3.8, 4) is 0 Å². The second-order valence-corrected chi connectivity index (χ2v) is 3.15. The van der Waals surface area contributed by atoms with E-state index in [2.05, 4.69) is 15.0 Å². The molecule has 2 rings (SSSR count). The third-order valence-corrected chi connectivity index (χ3v) is 2.23. The van der Waals surface area contributed by atoms with Crippen LogP contribution >= 0.6 is 11.8 Å². The minimum Gasteiger partial charge on any atom is -0.251 e. The Labute approximate surface area is 74.3 Å². The number of hydrogen-bond acceptors (Lipinski definition) is 4.